The molecule has 0 bridgehead atoms. The molecule has 0 spiro atoms. The van der Waals surface area contributed by atoms with Crippen molar-refractivity contribution in [1.29, 1.82) is 0 Å². The third-order valence-corrected chi connectivity index (χ3v) is 4.39. The Labute approximate surface area is 199 Å². The molecule has 5 unspecified atom stereocenters. The van der Waals surface area contributed by atoms with Gasteiger partial charge in [0.25, 0.3) is 0 Å². The van der Waals surface area contributed by atoms with Gasteiger partial charge in [0.1, 0.15) is 18.1 Å². The van der Waals surface area contributed by atoms with Gasteiger partial charge in [0.15, 0.2) is 5.96 Å². The molecule has 0 rings (SSSR count). The summed E-state index contributed by atoms with van der Waals surface area (Å²) in [5.74, 6) is -7.26. The van der Waals surface area contributed by atoms with E-state index in [9.17, 15) is 33.9 Å². The summed E-state index contributed by atoms with van der Waals surface area (Å²) in [6.07, 6.45) is -2.91. The van der Waals surface area contributed by atoms with Crippen LogP contribution in [0.2, 0.25) is 0 Å². The summed E-state index contributed by atoms with van der Waals surface area (Å²) in [5.41, 5.74) is 20.9. The number of carbonyl (C=O) groups is 6. The number of hydrogen-bond donors (Lipinski definition) is 10. The largest absolute Gasteiger partial charge is 0.481 e. The highest BCUT2D eigenvalue weighted by atomic mass is 16.4. The minimum atomic E-state index is -1.72. The van der Waals surface area contributed by atoms with Crippen molar-refractivity contribution in [3.8, 4) is 0 Å². The zero-order chi connectivity index (χ0) is 27.3. The van der Waals surface area contributed by atoms with Gasteiger partial charge in [-0.25, -0.2) is 4.79 Å². The average molecular weight is 505 g/mol. The fourth-order valence-electron chi connectivity index (χ4n) is 2.65. The number of nitrogens with zero attached hydrogens (tertiary/aromatic N) is 1. The Morgan fingerprint density at radius 3 is 1.89 bits per heavy atom. The molecule has 0 radical (unpaired) electrons. The van der Waals surface area contributed by atoms with Crippen LogP contribution in [0.3, 0.4) is 0 Å². The van der Waals surface area contributed by atoms with Crippen LogP contribution in [-0.4, -0.2) is 93.7 Å². The molecule has 0 aromatic rings. The molecule has 5 atom stereocenters. The van der Waals surface area contributed by atoms with E-state index in [1.165, 1.54) is 0 Å². The number of carboxylic acid groups (broad SMARTS) is 2. The number of rotatable bonds is 16. The highest BCUT2D eigenvalue weighted by Crippen LogP contribution is 2.04. The number of guanidine groups is 1. The minimum absolute atomic E-state index is 0.0664. The van der Waals surface area contributed by atoms with Gasteiger partial charge in [-0.2, -0.15) is 0 Å². The second kappa shape index (κ2) is 15.0. The Morgan fingerprint density at radius 1 is 0.857 bits per heavy atom. The molecule has 0 aliphatic carbocycles. The summed E-state index contributed by atoms with van der Waals surface area (Å²) in [5, 5.41) is 34.3. The lowest BCUT2D eigenvalue weighted by Crippen LogP contribution is -2.60. The van der Waals surface area contributed by atoms with Gasteiger partial charge in [0, 0.05) is 6.54 Å². The Hall–Kier alpha value is -3.99. The predicted molar refractivity (Wildman–Crippen MR) is 119 cm³/mol. The molecule has 17 nitrogen and oxygen atoms in total. The van der Waals surface area contributed by atoms with Crippen LogP contribution in [0, 0.1) is 0 Å². The van der Waals surface area contributed by atoms with Crippen molar-refractivity contribution < 1.29 is 44.1 Å². The highest BCUT2D eigenvalue weighted by molar-refractivity contribution is 5.95. The number of nitrogens with one attached hydrogen (secondary N) is 3. The first-order chi connectivity index (χ1) is 16.1. The van der Waals surface area contributed by atoms with Gasteiger partial charge in [-0.1, -0.05) is 0 Å². The van der Waals surface area contributed by atoms with Crippen molar-refractivity contribution in [1.82, 2.24) is 16.0 Å². The van der Waals surface area contributed by atoms with E-state index >= 15 is 0 Å². The zero-order valence-corrected chi connectivity index (χ0v) is 19.0. The lowest BCUT2D eigenvalue weighted by atomic mass is 10.1. The summed E-state index contributed by atoms with van der Waals surface area (Å²) < 4.78 is 0. The highest BCUT2D eigenvalue weighted by Gasteiger charge is 2.33. The summed E-state index contributed by atoms with van der Waals surface area (Å²) in [4.78, 5) is 74.3. The second-order valence-corrected chi connectivity index (χ2v) is 7.51. The van der Waals surface area contributed by atoms with E-state index in [1.54, 1.807) is 0 Å². The number of primary amides is 1. The monoisotopic (exact) mass is 504 g/mol. The Balaban J connectivity index is 5.56. The smallest absolute Gasteiger partial charge is 0.326 e. The maximum absolute atomic E-state index is 12.8. The van der Waals surface area contributed by atoms with Crippen molar-refractivity contribution in [2.24, 2.45) is 27.9 Å². The molecule has 198 valence electrons. The Kier molecular flexibility index (Phi) is 13.3. The molecule has 0 heterocycles. The van der Waals surface area contributed by atoms with E-state index in [4.69, 9.17) is 33.1 Å². The number of amides is 4. The van der Waals surface area contributed by atoms with Gasteiger partial charge in [0.05, 0.1) is 25.0 Å². The number of aliphatic carboxylic acids is 2. The van der Waals surface area contributed by atoms with E-state index in [-0.39, 0.29) is 25.3 Å². The molecule has 14 N–H and O–H groups in total. The van der Waals surface area contributed by atoms with Crippen LogP contribution in [0.5, 0.6) is 0 Å². The topological polar surface area (TPSA) is 316 Å². The van der Waals surface area contributed by atoms with E-state index in [2.05, 4.69) is 15.6 Å². The summed E-state index contributed by atoms with van der Waals surface area (Å²) >= 11 is 0. The first-order valence-electron chi connectivity index (χ1n) is 10.3. The van der Waals surface area contributed by atoms with Crippen LogP contribution in [0.25, 0.3) is 0 Å². The maximum Gasteiger partial charge on any atom is 0.326 e. The Morgan fingerprint density at radius 2 is 1.43 bits per heavy atom. The van der Waals surface area contributed by atoms with Crippen molar-refractivity contribution in [3.05, 3.63) is 0 Å². The number of aliphatic hydroxyl groups excluding tert-OH is 1. The van der Waals surface area contributed by atoms with Gasteiger partial charge in [-0.3, -0.25) is 29.0 Å². The van der Waals surface area contributed by atoms with Gasteiger partial charge in [-0.15, -0.1) is 0 Å². The number of carboxylic acids is 2. The van der Waals surface area contributed by atoms with Crippen molar-refractivity contribution >= 4 is 41.5 Å². The van der Waals surface area contributed by atoms with Gasteiger partial charge < -0.3 is 54.2 Å². The quantitative estimate of drug-likeness (QED) is 0.0535. The Bertz CT molecular complexity index is 829. The fraction of sp³-hybridized carbons (Fsp3) is 0.611. The first-order valence-corrected chi connectivity index (χ1v) is 10.3. The standard InChI is InChI=1S/C18H32N8O9/c1-7(27)13(16(33)25-10(17(34)35)6-11(20)28)26-15(32)9(3-2-4-23-18(21)22)24-14(31)8(19)5-12(29)30/h7-10,13,27H,2-6,19H2,1H3,(H2,20,28)(H,24,31)(H,25,33)(H,26,32)(H,29,30)(H,34,35)(H4,21,22,23). The maximum atomic E-state index is 12.8. The molecule has 0 aromatic heterocycles. The molecule has 0 aliphatic heterocycles. The third kappa shape index (κ3) is 12.7. The van der Waals surface area contributed by atoms with Gasteiger partial charge >= 0.3 is 11.9 Å². The lowest BCUT2D eigenvalue weighted by Gasteiger charge is -2.26. The fourth-order valence-corrected chi connectivity index (χ4v) is 2.65. The van der Waals surface area contributed by atoms with E-state index in [1.807, 2.05) is 5.32 Å². The van der Waals surface area contributed by atoms with Crippen LogP contribution in [-0.2, 0) is 28.8 Å². The molecule has 17 heteroatoms. The van der Waals surface area contributed by atoms with Gasteiger partial charge in [0.2, 0.25) is 23.6 Å². The number of hydrogen-bond acceptors (Lipinski definition) is 9. The summed E-state index contributed by atoms with van der Waals surface area (Å²) in [6, 6.07) is -6.25. The zero-order valence-electron chi connectivity index (χ0n) is 19.0. The number of nitrogens with two attached hydrogens (primary N) is 4. The third-order valence-electron chi connectivity index (χ3n) is 4.39. The molecule has 0 fully saturated rings. The summed E-state index contributed by atoms with van der Waals surface area (Å²) in [6.45, 7) is 1.19. The van der Waals surface area contributed by atoms with Crippen LogP contribution in [0.15, 0.2) is 4.99 Å². The average Bonchev–Trinajstić information content (AvgIpc) is 2.71. The van der Waals surface area contributed by atoms with E-state index < -0.39 is 78.7 Å². The van der Waals surface area contributed by atoms with Gasteiger partial charge in [-0.05, 0) is 19.8 Å². The lowest BCUT2D eigenvalue weighted by molar-refractivity contribution is -0.144. The molecule has 0 aromatic carbocycles. The molecular weight excluding hydrogens is 472 g/mol. The SMILES string of the molecule is CC(O)C(NC(=O)C(CCCN=C(N)N)NC(=O)C(N)CC(=O)O)C(=O)NC(CC(N)=O)C(=O)O. The first kappa shape index (κ1) is 31.0. The van der Waals surface area contributed by atoms with Crippen molar-refractivity contribution in [3.63, 3.8) is 0 Å². The predicted octanol–water partition coefficient (Wildman–Crippen LogP) is -5.36. The van der Waals surface area contributed by atoms with Crippen molar-refractivity contribution in [2.45, 2.75) is 62.9 Å². The van der Waals surface area contributed by atoms with Crippen LogP contribution in [0.4, 0.5) is 0 Å². The summed E-state index contributed by atoms with van der Waals surface area (Å²) in [7, 11) is 0. The number of aliphatic imine (C=N–C) groups is 1. The molecule has 0 aliphatic rings. The molecule has 4 amide bonds. The van der Waals surface area contributed by atoms with Crippen molar-refractivity contribution in [2.75, 3.05) is 6.54 Å². The van der Waals surface area contributed by atoms with E-state index in [0.29, 0.717) is 0 Å². The number of aliphatic hydroxyl groups is 1. The molecule has 0 saturated carbocycles. The van der Waals surface area contributed by atoms with Crippen LogP contribution >= 0.6 is 0 Å². The molecule has 0 saturated heterocycles. The molecular formula is C18H32N8O9. The van der Waals surface area contributed by atoms with E-state index in [0.717, 1.165) is 6.92 Å². The normalized spacial score (nSPS) is 14.8. The minimum Gasteiger partial charge on any atom is -0.481 e. The number of carbonyl (C=O) groups excluding carboxylic acids is 4. The molecule has 35 heavy (non-hydrogen) atoms. The van der Waals surface area contributed by atoms with Crippen LogP contribution < -0.4 is 38.9 Å². The van der Waals surface area contributed by atoms with Crippen LogP contribution in [0.1, 0.15) is 32.6 Å². The second-order valence-electron chi connectivity index (χ2n) is 7.51.